The van der Waals surface area contributed by atoms with Crippen molar-refractivity contribution in [3.8, 4) is 0 Å². The molecule has 1 saturated heterocycles. The molecule has 8 nitrogen and oxygen atoms in total. The van der Waals surface area contributed by atoms with E-state index in [9.17, 15) is 18.0 Å². The maximum atomic E-state index is 13.0. The number of rotatable bonds is 6. The molecule has 170 valence electrons. The number of urea groups is 1. The Bertz CT molecular complexity index is 796. The number of hydrogen-bond donors (Lipinski definition) is 1. The van der Waals surface area contributed by atoms with Gasteiger partial charge in [0.15, 0.2) is 0 Å². The molecule has 3 aliphatic carbocycles. The molecule has 1 N–H and O–H groups in total. The Morgan fingerprint density at radius 2 is 1.83 bits per heavy atom. The van der Waals surface area contributed by atoms with Crippen LogP contribution < -0.4 is 4.72 Å². The van der Waals surface area contributed by atoms with Gasteiger partial charge in [0.25, 0.3) is 0 Å². The molecule has 3 saturated carbocycles. The number of ether oxygens (including phenoxy) is 1. The lowest BCUT2D eigenvalue weighted by Gasteiger charge is -2.49. The monoisotopic (exact) mass is 441 g/mol. The molecule has 5 atom stereocenters. The van der Waals surface area contributed by atoms with Gasteiger partial charge in [-0.25, -0.2) is 17.9 Å². The number of imide groups is 1. The van der Waals surface area contributed by atoms with Crippen molar-refractivity contribution in [1.82, 2.24) is 14.5 Å². The van der Waals surface area contributed by atoms with E-state index in [1.54, 1.807) is 7.11 Å². The van der Waals surface area contributed by atoms with Gasteiger partial charge >= 0.3 is 6.03 Å². The van der Waals surface area contributed by atoms with Crippen molar-refractivity contribution in [2.45, 2.75) is 87.6 Å². The molecular weight excluding hydrogens is 406 g/mol. The Morgan fingerprint density at radius 1 is 1.13 bits per heavy atom. The van der Waals surface area contributed by atoms with Crippen LogP contribution in [-0.4, -0.2) is 73.8 Å². The lowest BCUT2D eigenvalue weighted by atomic mass is 9.79. The molecule has 0 bridgehead atoms. The van der Waals surface area contributed by atoms with Crippen LogP contribution in [0.15, 0.2) is 0 Å². The van der Waals surface area contributed by atoms with Gasteiger partial charge in [-0.15, -0.1) is 0 Å². The van der Waals surface area contributed by atoms with Crippen molar-refractivity contribution in [3.63, 3.8) is 0 Å². The summed E-state index contributed by atoms with van der Waals surface area (Å²) in [4.78, 5) is 29.0. The molecule has 9 heteroatoms. The second-order valence-corrected chi connectivity index (χ2v) is 11.9. The van der Waals surface area contributed by atoms with Crippen LogP contribution in [0.25, 0.3) is 0 Å². The van der Waals surface area contributed by atoms with Gasteiger partial charge in [0.1, 0.15) is 0 Å². The van der Waals surface area contributed by atoms with Crippen LogP contribution in [0.5, 0.6) is 0 Å². The quantitative estimate of drug-likeness (QED) is 0.681. The summed E-state index contributed by atoms with van der Waals surface area (Å²) in [6.45, 7) is 2.50. The highest BCUT2D eigenvalue weighted by molar-refractivity contribution is 7.90. The number of methoxy groups -OCH3 is 1. The van der Waals surface area contributed by atoms with Gasteiger partial charge in [0.2, 0.25) is 15.9 Å². The number of amides is 3. The van der Waals surface area contributed by atoms with E-state index in [4.69, 9.17) is 4.74 Å². The Labute approximate surface area is 179 Å². The highest BCUT2D eigenvalue weighted by Crippen LogP contribution is 2.40. The van der Waals surface area contributed by atoms with Crippen LogP contribution >= 0.6 is 0 Å². The van der Waals surface area contributed by atoms with Crippen molar-refractivity contribution in [2.75, 3.05) is 20.7 Å². The van der Waals surface area contributed by atoms with E-state index in [1.165, 1.54) is 11.9 Å². The molecule has 4 fully saturated rings. The van der Waals surface area contributed by atoms with E-state index >= 15 is 0 Å². The van der Waals surface area contributed by atoms with E-state index in [0.717, 1.165) is 38.5 Å². The van der Waals surface area contributed by atoms with Crippen LogP contribution in [0, 0.1) is 11.8 Å². The molecule has 4 aliphatic rings. The number of nitrogens with one attached hydrogen (secondary N) is 1. The minimum absolute atomic E-state index is 0.133. The first kappa shape index (κ1) is 22.0. The number of carbonyl (C=O) groups excluding carboxylic acids is 2. The third-order valence-electron chi connectivity index (χ3n) is 7.75. The van der Waals surface area contributed by atoms with Crippen LogP contribution in [0.4, 0.5) is 4.79 Å². The van der Waals surface area contributed by atoms with Crippen LogP contribution in [0.3, 0.4) is 0 Å². The summed E-state index contributed by atoms with van der Waals surface area (Å²) in [5.41, 5.74) is -0.318. The summed E-state index contributed by atoms with van der Waals surface area (Å²) in [6, 6.07) is -0.477. The molecule has 1 aliphatic heterocycles. The zero-order valence-electron chi connectivity index (χ0n) is 18.3. The van der Waals surface area contributed by atoms with Crippen molar-refractivity contribution in [2.24, 2.45) is 11.8 Å². The standard InChI is InChI=1S/C21H35N3O5S/c1-21(10-11-21)22-30(27,28)15-8-9-17-16(12-15)19(25)23(2)20(26)24(17)13-14-6-4-5-7-18(14)29-3/h14-18,22H,4-13H2,1-3H3. The fourth-order valence-corrected chi connectivity index (χ4v) is 7.55. The SMILES string of the molecule is COC1CCCCC1CN1C(=O)N(C)C(=O)C2CC(S(=O)(=O)NC3(C)CC3)CCC21. The molecule has 3 amide bonds. The summed E-state index contributed by atoms with van der Waals surface area (Å²) in [5.74, 6) is -0.446. The Hall–Kier alpha value is -1.19. The Morgan fingerprint density at radius 3 is 2.50 bits per heavy atom. The molecule has 0 aromatic heterocycles. The first-order valence-electron chi connectivity index (χ1n) is 11.3. The van der Waals surface area contributed by atoms with Crippen LogP contribution in [0.1, 0.15) is 64.7 Å². The fourth-order valence-electron chi connectivity index (χ4n) is 5.59. The van der Waals surface area contributed by atoms with Gasteiger partial charge in [0.05, 0.1) is 17.3 Å². The van der Waals surface area contributed by atoms with Crippen molar-refractivity contribution in [3.05, 3.63) is 0 Å². The second-order valence-electron chi connectivity index (χ2n) is 9.97. The summed E-state index contributed by atoms with van der Waals surface area (Å²) in [7, 11) is -0.242. The van der Waals surface area contributed by atoms with Gasteiger partial charge in [-0.05, 0) is 51.9 Å². The van der Waals surface area contributed by atoms with E-state index in [1.807, 2.05) is 11.8 Å². The van der Waals surface area contributed by atoms with Crippen LogP contribution in [0.2, 0.25) is 0 Å². The number of carbonyl (C=O) groups is 2. The molecule has 0 spiro atoms. The van der Waals surface area contributed by atoms with Gasteiger partial charge in [-0.1, -0.05) is 12.8 Å². The average Bonchev–Trinajstić information content (AvgIpc) is 3.45. The third kappa shape index (κ3) is 4.12. The predicted octanol–water partition coefficient (Wildman–Crippen LogP) is 2.09. The van der Waals surface area contributed by atoms with Crippen molar-refractivity contribution >= 4 is 22.0 Å². The highest BCUT2D eigenvalue weighted by Gasteiger charge is 2.51. The summed E-state index contributed by atoms with van der Waals surface area (Å²) in [6.07, 6.45) is 7.42. The van der Waals surface area contributed by atoms with E-state index in [2.05, 4.69) is 4.72 Å². The summed E-state index contributed by atoms with van der Waals surface area (Å²) in [5, 5.41) is -0.579. The largest absolute Gasteiger partial charge is 0.381 e. The number of fused-ring (bicyclic) bond motifs is 1. The third-order valence-corrected chi connectivity index (χ3v) is 9.83. The lowest BCUT2D eigenvalue weighted by Crippen LogP contribution is -2.64. The minimum Gasteiger partial charge on any atom is -0.381 e. The summed E-state index contributed by atoms with van der Waals surface area (Å²) < 4.78 is 34.4. The average molecular weight is 442 g/mol. The molecule has 30 heavy (non-hydrogen) atoms. The number of hydrogen-bond acceptors (Lipinski definition) is 5. The smallest absolute Gasteiger partial charge is 0.326 e. The predicted molar refractivity (Wildman–Crippen MR) is 112 cm³/mol. The highest BCUT2D eigenvalue weighted by atomic mass is 32.2. The molecule has 0 aromatic rings. The fraction of sp³-hybridized carbons (Fsp3) is 0.905. The second kappa shape index (κ2) is 8.06. The van der Waals surface area contributed by atoms with Gasteiger partial charge in [0, 0.05) is 38.2 Å². The zero-order valence-corrected chi connectivity index (χ0v) is 19.1. The molecular formula is C21H35N3O5S. The topological polar surface area (TPSA) is 96.0 Å². The summed E-state index contributed by atoms with van der Waals surface area (Å²) >= 11 is 0. The number of nitrogens with zero attached hydrogens (tertiary/aromatic N) is 2. The van der Waals surface area contributed by atoms with E-state index < -0.39 is 21.2 Å². The van der Waals surface area contributed by atoms with Crippen molar-refractivity contribution < 1.29 is 22.7 Å². The maximum Gasteiger partial charge on any atom is 0.326 e. The van der Waals surface area contributed by atoms with E-state index in [-0.39, 0.29) is 42.0 Å². The lowest BCUT2D eigenvalue weighted by molar-refractivity contribution is -0.139. The van der Waals surface area contributed by atoms with Gasteiger partial charge in [-0.3, -0.25) is 9.69 Å². The minimum atomic E-state index is -3.49. The molecule has 0 radical (unpaired) electrons. The first-order valence-corrected chi connectivity index (χ1v) is 12.8. The molecule has 4 rings (SSSR count). The normalized spacial score (nSPS) is 36.6. The molecule has 0 aromatic carbocycles. The van der Waals surface area contributed by atoms with Gasteiger partial charge < -0.3 is 9.64 Å². The van der Waals surface area contributed by atoms with Crippen LogP contribution in [-0.2, 0) is 19.6 Å². The van der Waals surface area contributed by atoms with Crippen molar-refractivity contribution in [1.29, 1.82) is 0 Å². The zero-order chi connectivity index (χ0) is 21.7. The number of sulfonamides is 1. The maximum absolute atomic E-state index is 13.0. The Kier molecular flexibility index (Phi) is 5.91. The van der Waals surface area contributed by atoms with E-state index in [0.29, 0.717) is 19.4 Å². The first-order chi connectivity index (χ1) is 14.1. The Balaban J connectivity index is 1.51. The molecule has 1 heterocycles. The molecule has 5 unspecified atom stereocenters. The van der Waals surface area contributed by atoms with Gasteiger partial charge in [-0.2, -0.15) is 0 Å².